The van der Waals surface area contributed by atoms with Gasteiger partial charge in [0.1, 0.15) is 0 Å². The van der Waals surface area contributed by atoms with Gasteiger partial charge in [-0.05, 0) is 0 Å². The third-order valence-electron chi connectivity index (χ3n) is 1.79. The Labute approximate surface area is 75.9 Å². The first kappa shape index (κ1) is 9.26. The normalized spacial score (nSPS) is 27.8. The van der Waals surface area contributed by atoms with Crippen molar-refractivity contribution < 1.29 is 17.3 Å². The van der Waals surface area contributed by atoms with Gasteiger partial charge in [-0.2, -0.15) is 0 Å². The molecule has 0 unspecified atom stereocenters. The number of hydrogen-bond acceptors (Lipinski definition) is 0. The molecule has 1 aliphatic rings. The molecule has 0 spiro atoms. The Hall–Kier alpha value is 0.168. The summed E-state index contributed by atoms with van der Waals surface area (Å²) in [5.74, 6) is 0. The Morgan fingerprint density at radius 3 is 2.55 bits per heavy atom. The van der Waals surface area contributed by atoms with Crippen molar-refractivity contribution in [3.05, 3.63) is 22.2 Å². The molecule has 0 saturated heterocycles. The molecule has 67 valence electrons. The van der Waals surface area contributed by atoms with Crippen LogP contribution in [0.15, 0.2) is 22.2 Å². The van der Waals surface area contributed by atoms with E-state index in [1.165, 1.54) is 25.7 Å². The molecule has 0 aromatic carbocycles. The van der Waals surface area contributed by atoms with Crippen molar-refractivity contribution in [3.8, 4) is 0 Å². The Morgan fingerprint density at radius 1 is 1.09 bits per heavy atom. The number of hydrogen-bond donors (Lipinski definition) is 0. The average Bonchev–Trinajstić information content (AvgIpc) is 1.84. The van der Waals surface area contributed by atoms with Crippen LogP contribution < -0.4 is 0 Å². The predicted molar refractivity (Wildman–Crippen MR) is 47.4 cm³/mol. The van der Waals surface area contributed by atoms with Crippen LogP contribution in [-0.2, 0) is 17.3 Å². The number of allylic oxidation sites excluding steroid dienone is 4. The minimum atomic E-state index is -0.637. The van der Waals surface area contributed by atoms with E-state index in [0.717, 1.165) is 0 Å². The fraction of sp³-hybridized carbons (Fsp3) is 0.600. The van der Waals surface area contributed by atoms with E-state index in [2.05, 4.69) is 28.9 Å². The summed E-state index contributed by atoms with van der Waals surface area (Å²) in [4.78, 5) is 0. The van der Waals surface area contributed by atoms with Crippen molar-refractivity contribution >= 4 is 0 Å². The molecule has 0 bridgehead atoms. The van der Waals surface area contributed by atoms with E-state index >= 15 is 0 Å². The Morgan fingerprint density at radius 2 is 1.82 bits per heavy atom. The third-order valence-corrected chi connectivity index (χ3v) is 5.74. The summed E-state index contributed by atoms with van der Waals surface area (Å²) >= 11 is -0.637. The molecule has 0 amide bonds. The maximum absolute atomic E-state index is 2.49. The quantitative estimate of drug-likeness (QED) is 0.642. The van der Waals surface area contributed by atoms with Crippen molar-refractivity contribution in [1.82, 2.24) is 0 Å². The van der Waals surface area contributed by atoms with E-state index < -0.39 is 17.3 Å². The van der Waals surface area contributed by atoms with Crippen LogP contribution in [0.25, 0.3) is 0 Å². The van der Waals surface area contributed by atoms with Gasteiger partial charge in [-0.1, -0.05) is 0 Å². The van der Waals surface area contributed by atoms with Crippen LogP contribution in [0.2, 0.25) is 10.6 Å². The predicted octanol–water partition coefficient (Wildman–Crippen LogP) is 3.71. The zero-order chi connectivity index (χ0) is 8.10. The van der Waals surface area contributed by atoms with Gasteiger partial charge in [-0.3, -0.25) is 0 Å². The first-order chi connectivity index (χ1) is 5.30. The molecule has 0 radical (unpaired) electrons. The number of rotatable bonds is 1. The second-order valence-electron chi connectivity index (χ2n) is 2.83. The fourth-order valence-electron chi connectivity index (χ4n) is 1.16. The van der Waals surface area contributed by atoms with Crippen LogP contribution in [-0.4, -0.2) is 0 Å². The molecular weight excluding hydrogens is 315 g/mol. The second kappa shape index (κ2) is 4.93. The molecular formula is C10H17Pt. The zero-order valence-electron chi connectivity index (χ0n) is 7.38. The summed E-state index contributed by atoms with van der Waals surface area (Å²) < 4.78 is 1.80. The van der Waals surface area contributed by atoms with Crippen LogP contribution >= 0.6 is 0 Å². The molecule has 1 rings (SSSR count). The van der Waals surface area contributed by atoms with Crippen LogP contribution in [0, 0.1) is 0 Å². The van der Waals surface area contributed by atoms with Gasteiger partial charge in [0.25, 0.3) is 0 Å². The zero-order valence-corrected chi connectivity index (χ0v) is 9.65. The first-order valence-electron chi connectivity index (χ1n) is 3.99. The van der Waals surface area contributed by atoms with E-state index in [4.69, 9.17) is 0 Å². The molecule has 0 aliphatic heterocycles. The van der Waals surface area contributed by atoms with E-state index in [-0.39, 0.29) is 0 Å². The molecule has 1 aliphatic carbocycles. The van der Waals surface area contributed by atoms with Crippen LogP contribution in [0.1, 0.15) is 25.7 Å². The average molecular weight is 332 g/mol. The monoisotopic (exact) mass is 332 g/mol. The first-order valence-corrected chi connectivity index (χ1v) is 9.67. The molecule has 0 fully saturated rings. The van der Waals surface area contributed by atoms with Gasteiger partial charge in [-0.25, -0.2) is 0 Å². The summed E-state index contributed by atoms with van der Waals surface area (Å²) in [5.41, 5.74) is 0. The van der Waals surface area contributed by atoms with Crippen molar-refractivity contribution in [2.45, 2.75) is 36.3 Å². The van der Waals surface area contributed by atoms with E-state index in [1.54, 1.807) is 3.96 Å². The standard InChI is InChI=1S/C8H11.2CH3.Pt/c1-2-4-6-8-7-5-3-1;;;/h1-2,7H,3-6H2;2*1H3;/b2-1-,8-7?;;;. The minimum absolute atomic E-state index is 0.637. The van der Waals surface area contributed by atoms with E-state index in [1.807, 2.05) is 0 Å². The van der Waals surface area contributed by atoms with E-state index in [9.17, 15) is 0 Å². The summed E-state index contributed by atoms with van der Waals surface area (Å²) in [5, 5.41) is 4.89. The van der Waals surface area contributed by atoms with Crippen LogP contribution in [0.3, 0.4) is 0 Å². The van der Waals surface area contributed by atoms with Gasteiger partial charge in [0.15, 0.2) is 0 Å². The Bertz CT molecular complexity index is 166. The summed E-state index contributed by atoms with van der Waals surface area (Å²) in [6.07, 6.45) is 12.3. The van der Waals surface area contributed by atoms with Gasteiger partial charge in [0.05, 0.1) is 0 Å². The Kier molecular flexibility index (Phi) is 4.15. The molecule has 0 atom stereocenters. The van der Waals surface area contributed by atoms with Gasteiger partial charge < -0.3 is 0 Å². The van der Waals surface area contributed by atoms with Gasteiger partial charge in [-0.15, -0.1) is 0 Å². The molecule has 0 heterocycles. The van der Waals surface area contributed by atoms with Crippen molar-refractivity contribution in [1.29, 1.82) is 0 Å². The van der Waals surface area contributed by atoms with Crippen LogP contribution in [0.4, 0.5) is 0 Å². The fourth-order valence-corrected chi connectivity index (χ4v) is 3.88. The van der Waals surface area contributed by atoms with E-state index in [0.29, 0.717) is 0 Å². The molecule has 0 saturated carbocycles. The summed E-state index contributed by atoms with van der Waals surface area (Å²) in [6, 6.07) is 0. The molecule has 0 aromatic rings. The topological polar surface area (TPSA) is 0 Å². The van der Waals surface area contributed by atoms with Crippen molar-refractivity contribution in [2.75, 3.05) is 0 Å². The van der Waals surface area contributed by atoms with Gasteiger partial charge in [0.2, 0.25) is 0 Å². The molecule has 0 nitrogen and oxygen atoms in total. The van der Waals surface area contributed by atoms with Gasteiger partial charge in [0, 0.05) is 0 Å². The summed E-state index contributed by atoms with van der Waals surface area (Å²) in [6.45, 7) is 0. The van der Waals surface area contributed by atoms with Gasteiger partial charge >= 0.3 is 75.8 Å². The molecule has 11 heavy (non-hydrogen) atoms. The molecule has 1 heteroatoms. The summed E-state index contributed by atoms with van der Waals surface area (Å²) in [7, 11) is 0. The molecule has 0 aromatic heterocycles. The maximum atomic E-state index is 2.49. The van der Waals surface area contributed by atoms with Crippen LogP contribution in [0.5, 0.6) is 0 Å². The van der Waals surface area contributed by atoms with Crippen molar-refractivity contribution in [2.24, 2.45) is 0 Å². The Balaban J connectivity index is 2.50. The third kappa shape index (κ3) is 3.38. The second-order valence-corrected chi connectivity index (χ2v) is 8.83. The molecule has 0 N–H and O–H groups in total. The van der Waals surface area contributed by atoms with Crippen molar-refractivity contribution in [3.63, 3.8) is 0 Å². The SMILES string of the molecule is [CH3][Pt]([CH3])/[C]1=C/CC/C=C\CC1.